The molecule has 0 aliphatic carbocycles. The van der Waals surface area contributed by atoms with Gasteiger partial charge in [-0.15, -0.1) is 0 Å². The van der Waals surface area contributed by atoms with Crippen LogP contribution < -0.4 is 0 Å². The van der Waals surface area contributed by atoms with Crippen molar-refractivity contribution in [1.29, 1.82) is 0 Å². The maximum absolute atomic E-state index is 11.3. The summed E-state index contributed by atoms with van der Waals surface area (Å²) in [6, 6.07) is 7.25. The van der Waals surface area contributed by atoms with Crippen molar-refractivity contribution in [3.63, 3.8) is 0 Å². The van der Waals surface area contributed by atoms with E-state index in [4.69, 9.17) is 0 Å². The van der Waals surface area contributed by atoms with Gasteiger partial charge in [0, 0.05) is 17.2 Å². The Kier molecular flexibility index (Phi) is 2.76. The van der Waals surface area contributed by atoms with Gasteiger partial charge in [0.05, 0.1) is 16.0 Å². The van der Waals surface area contributed by atoms with Gasteiger partial charge in [0.2, 0.25) is 0 Å². The Morgan fingerprint density at radius 1 is 1.44 bits per heavy atom. The van der Waals surface area contributed by atoms with E-state index in [1.165, 1.54) is 11.6 Å². The zero-order valence-electron chi connectivity index (χ0n) is 8.62. The van der Waals surface area contributed by atoms with Gasteiger partial charge < -0.3 is 4.55 Å². The lowest BCUT2D eigenvalue weighted by Crippen LogP contribution is -2.00. The topological polar surface area (TPSA) is 78.9 Å². The summed E-state index contributed by atoms with van der Waals surface area (Å²) in [6.45, 7) is 0. The minimum Gasteiger partial charge on any atom is -0.314 e. The summed E-state index contributed by atoms with van der Waals surface area (Å²) in [5.74, 6) is 0. The number of aromatic amines is 1. The van der Waals surface area contributed by atoms with Crippen LogP contribution >= 0.6 is 0 Å². The summed E-state index contributed by atoms with van der Waals surface area (Å²) < 4.78 is 20.7. The SMILES string of the molecule is CS(=O)(O)=Cc1ccccc1-c1cn[nH]n1. The second-order valence-corrected chi connectivity index (χ2v) is 5.38. The Balaban J connectivity index is 2.60. The van der Waals surface area contributed by atoms with Gasteiger partial charge in [-0.2, -0.15) is 15.4 Å². The number of aromatic nitrogens is 3. The van der Waals surface area contributed by atoms with Crippen LogP contribution in [0.25, 0.3) is 11.3 Å². The summed E-state index contributed by atoms with van der Waals surface area (Å²) in [5, 5.41) is 11.5. The molecule has 0 aliphatic rings. The molecule has 0 spiro atoms. The number of H-pyrrole nitrogens is 1. The first-order valence-corrected chi connectivity index (χ1v) is 6.56. The summed E-state index contributed by atoms with van der Waals surface area (Å²) in [5.41, 5.74) is 2.10. The fraction of sp³-hybridized carbons (Fsp3) is 0.100. The van der Waals surface area contributed by atoms with E-state index in [1.54, 1.807) is 18.3 Å². The zero-order valence-corrected chi connectivity index (χ0v) is 9.44. The predicted molar refractivity (Wildman–Crippen MR) is 63.7 cm³/mol. The lowest BCUT2D eigenvalue weighted by Gasteiger charge is -2.02. The van der Waals surface area contributed by atoms with E-state index in [9.17, 15) is 8.76 Å². The quantitative estimate of drug-likeness (QED) is 0.764. The van der Waals surface area contributed by atoms with Crippen molar-refractivity contribution >= 4 is 15.2 Å². The molecule has 0 aliphatic heterocycles. The van der Waals surface area contributed by atoms with E-state index >= 15 is 0 Å². The number of nitrogens with zero attached hydrogens (tertiary/aromatic N) is 2. The van der Waals surface area contributed by atoms with Gasteiger partial charge in [0.25, 0.3) is 0 Å². The Labute approximate surface area is 93.4 Å². The van der Waals surface area contributed by atoms with Crippen molar-refractivity contribution in [3.8, 4) is 11.3 Å². The third-order valence-electron chi connectivity index (χ3n) is 2.00. The van der Waals surface area contributed by atoms with E-state index in [2.05, 4.69) is 15.4 Å². The molecule has 2 N–H and O–H groups in total. The molecule has 1 heterocycles. The van der Waals surface area contributed by atoms with Crippen molar-refractivity contribution in [2.24, 2.45) is 0 Å². The fourth-order valence-electron chi connectivity index (χ4n) is 1.40. The van der Waals surface area contributed by atoms with Gasteiger partial charge in [0.15, 0.2) is 0 Å². The number of hydrogen-bond donors (Lipinski definition) is 2. The second kappa shape index (κ2) is 4.07. The van der Waals surface area contributed by atoms with E-state index in [0.29, 0.717) is 11.3 Å². The Morgan fingerprint density at radius 3 is 2.81 bits per heavy atom. The van der Waals surface area contributed by atoms with E-state index in [1.807, 2.05) is 12.1 Å². The molecule has 0 bridgehead atoms. The lowest BCUT2D eigenvalue weighted by molar-refractivity contribution is 0.566. The van der Waals surface area contributed by atoms with Crippen LogP contribution in [0.15, 0.2) is 30.5 Å². The highest BCUT2D eigenvalue weighted by atomic mass is 32.2. The number of nitrogens with one attached hydrogen (secondary N) is 1. The van der Waals surface area contributed by atoms with Gasteiger partial charge in [0.1, 0.15) is 5.69 Å². The summed E-state index contributed by atoms with van der Waals surface area (Å²) in [6.07, 6.45) is 2.84. The van der Waals surface area contributed by atoms with Crippen LogP contribution in [-0.4, -0.2) is 35.8 Å². The molecule has 6 heteroatoms. The first-order valence-electron chi connectivity index (χ1n) is 4.58. The van der Waals surface area contributed by atoms with Crippen molar-refractivity contribution in [1.82, 2.24) is 15.4 Å². The summed E-state index contributed by atoms with van der Waals surface area (Å²) in [4.78, 5) is 0. The highest BCUT2D eigenvalue weighted by Gasteiger charge is 2.06. The van der Waals surface area contributed by atoms with Gasteiger partial charge in [-0.1, -0.05) is 24.3 Å². The molecule has 1 aromatic carbocycles. The van der Waals surface area contributed by atoms with Gasteiger partial charge in [-0.3, -0.25) is 0 Å². The first kappa shape index (κ1) is 10.8. The van der Waals surface area contributed by atoms with Crippen LogP contribution in [0.2, 0.25) is 0 Å². The second-order valence-electron chi connectivity index (χ2n) is 3.42. The molecule has 1 atom stereocenters. The van der Waals surface area contributed by atoms with Gasteiger partial charge in [-0.25, -0.2) is 4.21 Å². The average molecular weight is 237 g/mol. The van der Waals surface area contributed by atoms with Crippen LogP contribution in [0.3, 0.4) is 0 Å². The molecule has 16 heavy (non-hydrogen) atoms. The highest BCUT2D eigenvalue weighted by molar-refractivity contribution is 7.95. The largest absolute Gasteiger partial charge is 0.314 e. The number of benzene rings is 1. The molecular formula is C10H11N3O2S. The van der Waals surface area contributed by atoms with Crippen molar-refractivity contribution < 1.29 is 8.76 Å². The third kappa shape index (κ3) is 2.47. The van der Waals surface area contributed by atoms with Crippen LogP contribution in [0.1, 0.15) is 5.56 Å². The van der Waals surface area contributed by atoms with Crippen LogP contribution in [0.5, 0.6) is 0 Å². The first-order chi connectivity index (χ1) is 7.56. The molecule has 0 fully saturated rings. The Hall–Kier alpha value is -1.66. The Morgan fingerprint density at radius 2 is 2.19 bits per heavy atom. The van der Waals surface area contributed by atoms with E-state index < -0.39 is 9.80 Å². The third-order valence-corrected chi connectivity index (χ3v) is 2.69. The van der Waals surface area contributed by atoms with Gasteiger partial charge >= 0.3 is 0 Å². The Bertz CT molecular complexity index is 590. The van der Waals surface area contributed by atoms with Crippen molar-refractivity contribution in [3.05, 3.63) is 36.0 Å². The predicted octanol–water partition coefficient (Wildman–Crippen LogP) is 1.01. The molecule has 1 aromatic heterocycles. The smallest absolute Gasteiger partial charge is 0.113 e. The maximum atomic E-state index is 11.3. The zero-order chi connectivity index (χ0) is 11.6. The molecule has 5 nitrogen and oxygen atoms in total. The molecular weight excluding hydrogens is 226 g/mol. The molecule has 0 radical (unpaired) electrons. The monoisotopic (exact) mass is 237 g/mol. The molecule has 0 amide bonds. The molecule has 84 valence electrons. The number of rotatable bonds is 2. The average Bonchev–Trinajstić information content (AvgIpc) is 2.69. The minimum atomic E-state index is -2.92. The van der Waals surface area contributed by atoms with Crippen LogP contribution in [-0.2, 0) is 9.80 Å². The number of hydrogen-bond acceptors (Lipinski definition) is 3. The normalized spacial score (nSPS) is 14.4. The molecule has 2 aromatic rings. The fourth-order valence-corrected chi connectivity index (χ4v) is 2.08. The van der Waals surface area contributed by atoms with Crippen molar-refractivity contribution in [2.45, 2.75) is 0 Å². The van der Waals surface area contributed by atoms with Crippen LogP contribution in [0, 0.1) is 0 Å². The van der Waals surface area contributed by atoms with Crippen LogP contribution in [0.4, 0.5) is 0 Å². The van der Waals surface area contributed by atoms with E-state index in [-0.39, 0.29) is 0 Å². The molecule has 0 saturated heterocycles. The van der Waals surface area contributed by atoms with Gasteiger partial charge in [-0.05, 0) is 5.56 Å². The highest BCUT2D eigenvalue weighted by Crippen LogP contribution is 2.19. The lowest BCUT2D eigenvalue weighted by atomic mass is 10.1. The van der Waals surface area contributed by atoms with E-state index in [0.717, 1.165) is 5.56 Å². The summed E-state index contributed by atoms with van der Waals surface area (Å²) >= 11 is 0. The standard InChI is InChI=1S/C10H11N3O2S/c1-16(14,15)7-8-4-2-3-5-9(8)10-6-11-13-12-10/h2-7H,1H3,(H,14,15)(H,11,12,13). The molecule has 2 rings (SSSR count). The van der Waals surface area contributed by atoms with Crippen molar-refractivity contribution in [2.75, 3.05) is 6.26 Å². The molecule has 0 saturated carbocycles. The minimum absolute atomic E-state index is 0.649. The molecule has 1 unspecified atom stereocenters. The maximum Gasteiger partial charge on any atom is 0.113 e. The summed E-state index contributed by atoms with van der Waals surface area (Å²) in [7, 11) is -2.92.